The third-order valence-corrected chi connectivity index (χ3v) is 4.49. The minimum Gasteiger partial charge on any atom is -0.358 e. The molecular weight excluding hydrogens is 266 g/mol. The Morgan fingerprint density at radius 3 is 3.00 bits per heavy atom. The van der Waals surface area contributed by atoms with E-state index in [1.165, 1.54) is 24.8 Å². The van der Waals surface area contributed by atoms with Crippen LogP contribution in [-0.2, 0) is 17.9 Å². The van der Waals surface area contributed by atoms with Gasteiger partial charge in [0, 0.05) is 13.6 Å². The van der Waals surface area contributed by atoms with Crippen LogP contribution in [0.15, 0.2) is 11.6 Å². The van der Waals surface area contributed by atoms with Crippen LogP contribution in [-0.4, -0.2) is 45.2 Å². The van der Waals surface area contributed by atoms with Crippen molar-refractivity contribution < 1.29 is 4.79 Å². The number of amides is 1. The molecule has 0 aromatic carbocycles. The molecular formula is C15H23N5O. The Hall–Kier alpha value is -1.69. The summed E-state index contributed by atoms with van der Waals surface area (Å²) in [5.41, 5.74) is 1.46. The van der Waals surface area contributed by atoms with Crippen molar-refractivity contribution in [3.05, 3.63) is 23.3 Å². The lowest BCUT2D eigenvalue weighted by molar-refractivity contribution is -0.127. The summed E-state index contributed by atoms with van der Waals surface area (Å²) in [6, 6.07) is -0.139. The molecule has 114 valence electrons. The number of nitrogens with one attached hydrogen (secondary N) is 1. The van der Waals surface area contributed by atoms with E-state index in [0.29, 0.717) is 13.1 Å². The highest BCUT2D eigenvalue weighted by atomic mass is 16.2. The zero-order chi connectivity index (χ0) is 14.8. The van der Waals surface area contributed by atoms with E-state index < -0.39 is 0 Å². The lowest BCUT2D eigenvalue weighted by Gasteiger charge is -2.35. The molecule has 0 bridgehead atoms. The average Bonchev–Trinajstić information content (AvgIpc) is 2.87. The number of carbonyl (C=O) groups excluding carboxylic acids is 1. The van der Waals surface area contributed by atoms with Gasteiger partial charge < -0.3 is 9.88 Å². The molecule has 6 nitrogen and oxygen atoms in total. The van der Waals surface area contributed by atoms with Crippen molar-refractivity contribution in [1.29, 1.82) is 0 Å². The number of rotatable bonds is 3. The standard InChI is InChI=1S/C15H23N5O/c1-11-17-18-14-10-19(8-12-6-4-3-5-7-12)13(9-20(11)14)15(21)16-2/h6,13H,3-5,7-10H2,1-2H3,(H,16,21). The molecule has 1 unspecified atom stereocenters. The Bertz CT molecular complexity index is 562. The molecule has 6 heteroatoms. The quantitative estimate of drug-likeness (QED) is 0.844. The largest absolute Gasteiger partial charge is 0.358 e. The van der Waals surface area contributed by atoms with Gasteiger partial charge in [-0.1, -0.05) is 11.6 Å². The number of aromatic nitrogens is 3. The minimum atomic E-state index is -0.139. The van der Waals surface area contributed by atoms with Crippen molar-refractivity contribution in [2.45, 2.75) is 51.7 Å². The van der Waals surface area contributed by atoms with Crippen LogP contribution in [0.25, 0.3) is 0 Å². The van der Waals surface area contributed by atoms with Crippen LogP contribution >= 0.6 is 0 Å². The fourth-order valence-corrected chi connectivity index (χ4v) is 3.25. The maximum Gasteiger partial charge on any atom is 0.238 e. The van der Waals surface area contributed by atoms with Crippen molar-refractivity contribution in [1.82, 2.24) is 25.0 Å². The fraction of sp³-hybridized carbons (Fsp3) is 0.667. The molecule has 0 fully saturated rings. The first kappa shape index (κ1) is 14.3. The summed E-state index contributed by atoms with van der Waals surface area (Å²) in [5, 5.41) is 11.2. The Balaban J connectivity index is 1.82. The molecule has 1 N–H and O–H groups in total. The van der Waals surface area contributed by atoms with Gasteiger partial charge in [0.05, 0.1) is 13.1 Å². The monoisotopic (exact) mass is 289 g/mol. The highest BCUT2D eigenvalue weighted by molar-refractivity contribution is 5.81. The van der Waals surface area contributed by atoms with Crippen LogP contribution in [0.2, 0.25) is 0 Å². The van der Waals surface area contributed by atoms with E-state index in [9.17, 15) is 4.79 Å². The Morgan fingerprint density at radius 1 is 1.43 bits per heavy atom. The Kier molecular flexibility index (Phi) is 4.05. The molecule has 0 saturated heterocycles. The highest BCUT2D eigenvalue weighted by Gasteiger charge is 2.33. The molecule has 0 spiro atoms. The average molecular weight is 289 g/mol. The van der Waals surface area contributed by atoms with Gasteiger partial charge in [0.15, 0.2) is 0 Å². The molecule has 2 aliphatic rings. The topological polar surface area (TPSA) is 63.1 Å². The van der Waals surface area contributed by atoms with Crippen molar-refractivity contribution in [3.63, 3.8) is 0 Å². The molecule has 0 saturated carbocycles. The maximum atomic E-state index is 12.2. The zero-order valence-electron chi connectivity index (χ0n) is 12.8. The number of likely N-dealkylation sites (N-methyl/N-ethyl adjacent to an activating group) is 1. The van der Waals surface area contributed by atoms with Gasteiger partial charge in [-0.25, -0.2) is 0 Å². The molecule has 2 heterocycles. The van der Waals surface area contributed by atoms with Gasteiger partial charge in [-0.05, 0) is 32.6 Å². The predicted octanol–water partition coefficient (Wildman–Crippen LogP) is 1.02. The summed E-state index contributed by atoms with van der Waals surface area (Å²) in [5.74, 6) is 1.92. The summed E-state index contributed by atoms with van der Waals surface area (Å²) in [7, 11) is 1.70. The van der Waals surface area contributed by atoms with Gasteiger partial charge in [-0.3, -0.25) is 9.69 Å². The molecule has 1 aromatic heterocycles. The summed E-state index contributed by atoms with van der Waals surface area (Å²) in [6.45, 7) is 4.14. The normalized spacial score (nSPS) is 22.6. The van der Waals surface area contributed by atoms with E-state index in [4.69, 9.17) is 0 Å². The third kappa shape index (κ3) is 2.85. The molecule has 1 aliphatic heterocycles. The summed E-state index contributed by atoms with van der Waals surface area (Å²) < 4.78 is 2.06. The minimum absolute atomic E-state index is 0.0742. The summed E-state index contributed by atoms with van der Waals surface area (Å²) in [6.07, 6.45) is 7.22. The van der Waals surface area contributed by atoms with Crippen LogP contribution < -0.4 is 5.32 Å². The lowest BCUT2D eigenvalue weighted by atomic mass is 9.98. The molecule has 1 aliphatic carbocycles. The highest BCUT2D eigenvalue weighted by Crippen LogP contribution is 2.23. The van der Waals surface area contributed by atoms with Gasteiger partial charge in [0.25, 0.3) is 0 Å². The van der Waals surface area contributed by atoms with Crippen molar-refractivity contribution >= 4 is 5.91 Å². The zero-order valence-corrected chi connectivity index (χ0v) is 12.8. The first-order valence-electron chi connectivity index (χ1n) is 7.71. The number of fused-ring (bicyclic) bond motifs is 1. The first-order valence-corrected chi connectivity index (χ1v) is 7.71. The van der Waals surface area contributed by atoms with Crippen LogP contribution in [0.4, 0.5) is 0 Å². The second kappa shape index (κ2) is 5.97. The SMILES string of the molecule is CNC(=O)C1Cn2c(C)nnc2CN1CC1=CCCCC1. The van der Waals surface area contributed by atoms with E-state index in [1.807, 2.05) is 6.92 Å². The molecule has 1 atom stereocenters. The molecule has 3 rings (SSSR count). The summed E-state index contributed by atoms with van der Waals surface area (Å²) in [4.78, 5) is 14.5. The number of carbonyl (C=O) groups is 1. The number of hydrogen-bond donors (Lipinski definition) is 1. The van der Waals surface area contributed by atoms with E-state index in [2.05, 4.69) is 31.1 Å². The van der Waals surface area contributed by atoms with Crippen molar-refractivity contribution in [3.8, 4) is 0 Å². The summed E-state index contributed by atoms with van der Waals surface area (Å²) >= 11 is 0. The van der Waals surface area contributed by atoms with Gasteiger partial charge in [-0.2, -0.15) is 0 Å². The number of allylic oxidation sites excluding steroid dienone is 1. The van der Waals surface area contributed by atoms with Gasteiger partial charge in [0.1, 0.15) is 17.7 Å². The third-order valence-electron chi connectivity index (χ3n) is 4.49. The molecule has 1 amide bonds. The van der Waals surface area contributed by atoms with Crippen LogP contribution in [0.3, 0.4) is 0 Å². The fourth-order valence-electron chi connectivity index (χ4n) is 3.25. The smallest absolute Gasteiger partial charge is 0.238 e. The lowest BCUT2D eigenvalue weighted by Crippen LogP contribution is -2.52. The number of aryl methyl sites for hydroxylation is 1. The van der Waals surface area contributed by atoms with Crippen LogP contribution in [0.5, 0.6) is 0 Å². The molecule has 1 aromatic rings. The second-order valence-electron chi connectivity index (χ2n) is 5.92. The number of hydrogen-bond acceptors (Lipinski definition) is 4. The predicted molar refractivity (Wildman–Crippen MR) is 79.6 cm³/mol. The Morgan fingerprint density at radius 2 is 2.29 bits per heavy atom. The second-order valence-corrected chi connectivity index (χ2v) is 5.92. The maximum absolute atomic E-state index is 12.2. The Labute approximate surface area is 125 Å². The van der Waals surface area contributed by atoms with Gasteiger partial charge in [0.2, 0.25) is 5.91 Å². The van der Waals surface area contributed by atoms with Crippen molar-refractivity contribution in [2.24, 2.45) is 0 Å². The first-order chi connectivity index (χ1) is 10.2. The van der Waals surface area contributed by atoms with E-state index >= 15 is 0 Å². The van der Waals surface area contributed by atoms with Gasteiger partial charge >= 0.3 is 0 Å². The van der Waals surface area contributed by atoms with E-state index in [1.54, 1.807) is 7.05 Å². The molecule has 0 radical (unpaired) electrons. The molecule has 21 heavy (non-hydrogen) atoms. The van der Waals surface area contributed by atoms with Crippen LogP contribution in [0.1, 0.15) is 37.3 Å². The van der Waals surface area contributed by atoms with E-state index in [0.717, 1.165) is 24.6 Å². The van der Waals surface area contributed by atoms with Crippen molar-refractivity contribution in [2.75, 3.05) is 13.6 Å². The van der Waals surface area contributed by atoms with Crippen LogP contribution in [0, 0.1) is 6.92 Å². The number of nitrogens with zero attached hydrogens (tertiary/aromatic N) is 4. The van der Waals surface area contributed by atoms with Gasteiger partial charge in [-0.15, -0.1) is 10.2 Å². The van der Waals surface area contributed by atoms with E-state index in [-0.39, 0.29) is 11.9 Å².